The van der Waals surface area contributed by atoms with Crippen LogP contribution in [0.4, 0.5) is 5.69 Å². The minimum absolute atomic E-state index is 0.165. The Hall–Kier alpha value is -3.25. The number of benzene rings is 3. The number of nitrogens with one attached hydrogen (secondary N) is 1. The van der Waals surface area contributed by atoms with Crippen LogP contribution in [-0.4, -0.2) is 22.1 Å². The van der Waals surface area contributed by atoms with Gasteiger partial charge >= 0.3 is 0 Å². The Morgan fingerprint density at radius 2 is 1.81 bits per heavy atom. The summed E-state index contributed by atoms with van der Waals surface area (Å²) in [6.07, 6.45) is 1.99. The number of fused-ring (bicyclic) bond motifs is 2. The number of anilines is 1. The van der Waals surface area contributed by atoms with Crippen LogP contribution in [0.5, 0.6) is 0 Å². The molecule has 1 aliphatic heterocycles. The number of aryl methyl sites for hydroxylation is 2. The molecule has 0 unspecified atom stereocenters. The molecule has 0 bridgehead atoms. The number of nitrogens with zero attached hydrogens (tertiary/aromatic N) is 1. The monoisotopic (exact) mass is 444 g/mol. The number of rotatable bonds is 4. The van der Waals surface area contributed by atoms with Gasteiger partial charge in [-0.2, -0.15) is 0 Å². The summed E-state index contributed by atoms with van der Waals surface area (Å²) >= 11 is 0. The van der Waals surface area contributed by atoms with Crippen LogP contribution in [0.1, 0.15) is 50.2 Å². The third-order valence-corrected chi connectivity index (χ3v) is 7.52. The Labute approximate surface area is 189 Å². The molecular formula is C26H24N2O3S. The van der Waals surface area contributed by atoms with Gasteiger partial charge in [0, 0.05) is 11.6 Å². The quantitative estimate of drug-likeness (QED) is 0.643. The molecule has 1 N–H and O–H groups in total. The predicted molar refractivity (Wildman–Crippen MR) is 124 cm³/mol. The van der Waals surface area contributed by atoms with Gasteiger partial charge in [0.25, 0.3) is 11.8 Å². The summed E-state index contributed by atoms with van der Waals surface area (Å²) < 4.78 is 13.5. The third-order valence-electron chi connectivity index (χ3n) is 6.02. The summed E-state index contributed by atoms with van der Waals surface area (Å²) in [4.78, 5) is 29.1. The van der Waals surface area contributed by atoms with Crippen LogP contribution >= 0.6 is 0 Å². The molecular weight excluding hydrogens is 420 g/mol. The summed E-state index contributed by atoms with van der Waals surface area (Å²) in [6, 6.07) is 18.5. The molecule has 0 aromatic heterocycles. The van der Waals surface area contributed by atoms with Crippen molar-refractivity contribution in [3.05, 3.63) is 88.5 Å². The average molecular weight is 445 g/mol. The molecule has 5 nitrogen and oxygen atoms in total. The highest BCUT2D eigenvalue weighted by atomic mass is 32.2. The van der Waals surface area contributed by atoms with Crippen molar-refractivity contribution in [2.24, 2.45) is 0 Å². The lowest BCUT2D eigenvalue weighted by Gasteiger charge is -2.24. The zero-order valence-corrected chi connectivity index (χ0v) is 18.9. The van der Waals surface area contributed by atoms with E-state index in [0.29, 0.717) is 33.2 Å². The van der Waals surface area contributed by atoms with Crippen molar-refractivity contribution in [1.29, 1.82) is 0 Å². The molecule has 1 fully saturated rings. The minimum atomic E-state index is -1.53. The summed E-state index contributed by atoms with van der Waals surface area (Å²) in [5.41, 5.74) is 4.62. The maximum Gasteiger partial charge on any atom is 0.259 e. The van der Waals surface area contributed by atoms with Gasteiger partial charge in [-0.05, 0) is 68.1 Å². The predicted octanol–water partition coefficient (Wildman–Crippen LogP) is 4.52. The van der Waals surface area contributed by atoms with Crippen LogP contribution in [0.2, 0.25) is 0 Å². The van der Waals surface area contributed by atoms with Crippen molar-refractivity contribution in [1.82, 2.24) is 5.32 Å². The normalized spacial score (nSPS) is 17.4. The van der Waals surface area contributed by atoms with Crippen molar-refractivity contribution in [3.63, 3.8) is 0 Å². The van der Waals surface area contributed by atoms with E-state index in [-0.39, 0.29) is 17.9 Å². The van der Waals surface area contributed by atoms with E-state index in [2.05, 4.69) is 11.4 Å². The number of carbonyl (C=O) groups is 2. The van der Waals surface area contributed by atoms with Crippen molar-refractivity contribution >= 4 is 28.3 Å². The molecule has 32 heavy (non-hydrogen) atoms. The van der Waals surface area contributed by atoms with Gasteiger partial charge in [-0.3, -0.25) is 9.59 Å². The Morgan fingerprint density at radius 1 is 1.03 bits per heavy atom. The average Bonchev–Trinajstić information content (AvgIpc) is 3.62. The second-order valence-electron chi connectivity index (χ2n) is 8.52. The van der Waals surface area contributed by atoms with Gasteiger partial charge in [0.1, 0.15) is 0 Å². The standard InChI is InChI=1S/C26H24N2O3S/c1-16-7-8-17(2)19(13-16)15-28-22-14-18(25(29)27-20-10-11-20)9-12-24(22)32(31)23-6-4-3-5-21(23)26(28)30/h3-9,12-14,20H,10-11,15H2,1-2H3,(H,27,29)/t32-/m1/s1. The SMILES string of the molecule is Cc1ccc(C)c(CN2C(=O)c3ccccc3[S@@](=O)c3ccc(C(=O)NC4CC4)cc32)c1. The Bertz CT molecular complexity index is 1280. The molecule has 0 radical (unpaired) electrons. The molecule has 162 valence electrons. The maximum absolute atomic E-state index is 13.7. The van der Waals surface area contributed by atoms with Gasteiger partial charge < -0.3 is 10.2 Å². The Morgan fingerprint density at radius 3 is 2.59 bits per heavy atom. The molecule has 1 atom stereocenters. The van der Waals surface area contributed by atoms with E-state index in [9.17, 15) is 13.8 Å². The molecule has 1 aliphatic carbocycles. The fraction of sp³-hybridized carbons (Fsp3) is 0.231. The largest absolute Gasteiger partial charge is 0.349 e. The highest BCUT2D eigenvalue weighted by Gasteiger charge is 2.32. The van der Waals surface area contributed by atoms with Crippen LogP contribution in [0.3, 0.4) is 0 Å². The fourth-order valence-electron chi connectivity index (χ4n) is 4.00. The molecule has 0 spiro atoms. The molecule has 3 aromatic carbocycles. The van der Waals surface area contributed by atoms with Crippen LogP contribution < -0.4 is 10.2 Å². The highest BCUT2D eigenvalue weighted by molar-refractivity contribution is 7.85. The number of amides is 2. The van der Waals surface area contributed by atoms with Crippen LogP contribution in [0.25, 0.3) is 0 Å². The van der Waals surface area contributed by atoms with E-state index in [1.54, 1.807) is 47.4 Å². The van der Waals surface area contributed by atoms with Crippen LogP contribution in [0.15, 0.2) is 70.5 Å². The van der Waals surface area contributed by atoms with Crippen molar-refractivity contribution in [2.45, 2.75) is 49.1 Å². The smallest absolute Gasteiger partial charge is 0.259 e. The Balaban J connectivity index is 1.65. The summed E-state index contributed by atoms with van der Waals surface area (Å²) in [7, 11) is -1.53. The second kappa shape index (κ2) is 8.02. The molecule has 0 saturated heterocycles. The molecule has 3 aromatic rings. The first-order chi connectivity index (χ1) is 15.4. The van der Waals surface area contributed by atoms with E-state index in [4.69, 9.17) is 0 Å². The van der Waals surface area contributed by atoms with E-state index in [1.165, 1.54) is 0 Å². The number of hydrogen-bond acceptors (Lipinski definition) is 3. The third kappa shape index (κ3) is 3.75. The zero-order chi connectivity index (χ0) is 22.4. The van der Waals surface area contributed by atoms with E-state index in [1.807, 2.05) is 26.0 Å². The minimum Gasteiger partial charge on any atom is -0.349 e. The first kappa shape index (κ1) is 20.6. The summed E-state index contributed by atoms with van der Waals surface area (Å²) in [6.45, 7) is 4.37. The summed E-state index contributed by atoms with van der Waals surface area (Å²) in [5, 5.41) is 3.00. The van der Waals surface area contributed by atoms with Crippen molar-refractivity contribution in [2.75, 3.05) is 4.90 Å². The lowest BCUT2D eigenvalue weighted by molar-refractivity contribution is 0.0947. The molecule has 2 amide bonds. The highest BCUT2D eigenvalue weighted by Crippen LogP contribution is 2.36. The van der Waals surface area contributed by atoms with E-state index >= 15 is 0 Å². The van der Waals surface area contributed by atoms with Gasteiger partial charge in [0.15, 0.2) is 0 Å². The molecule has 2 aliphatic rings. The lowest BCUT2D eigenvalue weighted by atomic mass is 10.0. The molecule has 1 heterocycles. The van der Waals surface area contributed by atoms with Crippen molar-refractivity contribution in [3.8, 4) is 0 Å². The molecule has 1 saturated carbocycles. The van der Waals surface area contributed by atoms with Gasteiger partial charge in [-0.15, -0.1) is 0 Å². The van der Waals surface area contributed by atoms with Gasteiger partial charge in [-0.1, -0.05) is 35.9 Å². The van der Waals surface area contributed by atoms with Gasteiger partial charge in [0.05, 0.1) is 38.4 Å². The van der Waals surface area contributed by atoms with Gasteiger partial charge in [0.2, 0.25) is 0 Å². The first-order valence-corrected chi connectivity index (χ1v) is 11.9. The number of carbonyl (C=O) groups excluding carboxylic acids is 2. The number of hydrogen-bond donors (Lipinski definition) is 1. The second-order valence-corrected chi connectivity index (χ2v) is 9.93. The lowest BCUT2D eigenvalue weighted by Crippen LogP contribution is -2.31. The molecule has 5 rings (SSSR count). The maximum atomic E-state index is 13.7. The van der Waals surface area contributed by atoms with Gasteiger partial charge in [-0.25, -0.2) is 4.21 Å². The van der Waals surface area contributed by atoms with E-state index in [0.717, 1.165) is 29.5 Å². The molecule has 6 heteroatoms. The summed E-state index contributed by atoms with van der Waals surface area (Å²) in [5.74, 6) is -0.379. The fourth-order valence-corrected chi connectivity index (χ4v) is 5.34. The van der Waals surface area contributed by atoms with Crippen LogP contribution in [-0.2, 0) is 17.3 Å². The Kier molecular flexibility index (Phi) is 5.18. The van der Waals surface area contributed by atoms with Crippen LogP contribution in [0, 0.1) is 13.8 Å². The van der Waals surface area contributed by atoms with Crippen molar-refractivity contribution < 1.29 is 13.8 Å². The topological polar surface area (TPSA) is 66.5 Å². The zero-order valence-electron chi connectivity index (χ0n) is 18.1. The first-order valence-electron chi connectivity index (χ1n) is 10.8. The van der Waals surface area contributed by atoms with E-state index < -0.39 is 10.8 Å².